The normalized spacial score (nSPS) is 11.0. The first kappa shape index (κ1) is 15.9. The molecule has 0 fully saturated rings. The van der Waals surface area contributed by atoms with E-state index in [4.69, 9.17) is 4.52 Å². The summed E-state index contributed by atoms with van der Waals surface area (Å²) in [6, 6.07) is 13.5. The van der Waals surface area contributed by atoms with Gasteiger partial charge in [0.05, 0.1) is 11.0 Å². The molecule has 0 atom stereocenters. The number of imidazole rings is 1. The van der Waals surface area contributed by atoms with E-state index in [0.29, 0.717) is 22.7 Å². The summed E-state index contributed by atoms with van der Waals surface area (Å²) in [4.78, 5) is 25.2. The van der Waals surface area contributed by atoms with Crippen LogP contribution in [0, 0.1) is 5.82 Å². The molecule has 26 heavy (non-hydrogen) atoms. The van der Waals surface area contributed by atoms with Gasteiger partial charge in [-0.25, -0.2) is 9.37 Å². The number of aromatic amines is 1. The summed E-state index contributed by atoms with van der Waals surface area (Å²) in [7, 11) is 1.60. The zero-order valence-corrected chi connectivity index (χ0v) is 13.8. The first-order valence-electron chi connectivity index (χ1n) is 7.89. The zero-order valence-electron chi connectivity index (χ0n) is 13.8. The number of benzene rings is 2. The Balaban J connectivity index is 1.51. The molecule has 2 aromatic carbocycles. The lowest BCUT2D eigenvalue weighted by atomic mass is 10.2. The fourth-order valence-corrected chi connectivity index (χ4v) is 2.56. The highest BCUT2D eigenvalue weighted by atomic mass is 19.1. The Labute approximate surface area is 147 Å². The second-order valence-corrected chi connectivity index (χ2v) is 5.79. The number of nitrogens with zero attached hydrogens (tertiary/aromatic N) is 4. The van der Waals surface area contributed by atoms with Crippen molar-refractivity contribution in [1.82, 2.24) is 25.0 Å². The van der Waals surface area contributed by atoms with Crippen molar-refractivity contribution in [2.45, 2.75) is 6.54 Å². The average Bonchev–Trinajstić information content (AvgIpc) is 3.28. The fourth-order valence-electron chi connectivity index (χ4n) is 2.56. The predicted octanol–water partition coefficient (Wildman–Crippen LogP) is 3.02. The molecular formula is C18H14FN5O2. The molecule has 8 heteroatoms. The molecule has 1 amide bonds. The van der Waals surface area contributed by atoms with E-state index in [1.165, 1.54) is 23.1 Å². The molecule has 4 aromatic rings. The molecule has 0 spiro atoms. The second-order valence-electron chi connectivity index (χ2n) is 5.79. The molecule has 4 rings (SSSR count). The van der Waals surface area contributed by atoms with Crippen LogP contribution in [0.1, 0.15) is 16.5 Å². The molecule has 0 aliphatic rings. The lowest BCUT2D eigenvalue weighted by molar-refractivity contribution is 0.0759. The Kier molecular flexibility index (Phi) is 3.92. The Bertz CT molecular complexity index is 1070. The van der Waals surface area contributed by atoms with Crippen molar-refractivity contribution in [3.63, 3.8) is 0 Å². The van der Waals surface area contributed by atoms with Gasteiger partial charge in [-0.1, -0.05) is 35.5 Å². The summed E-state index contributed by atoms with van der Waals surface area (Å²) >= 11 is 0. The minimum Gasteiger partial charge on any atom is -0.337 e. The third kappa shape index (κ3) is 3.04. The van der Waals surface area contributed by atoms with E-state index in [1.54, 1.807) is 7.05 Å². The van der Waals surface area contributed by atoms with E-state index in [-0.39, 0.29) is 18.3 Å². The van der Waals surface area contributed by atoms with Crippen LogP contribution in [0.15, 0.2) is 53.1 Å². The van der Waals surface area contributed by atoms with Gasteiger partial charge in [0.15, 0.2) is 5.82 Å². The van der Waals surface area contributed by atoms with Crippen molar-refractivity contribution in [3.8, 4) is 11.4 Å². The minimum absolute atomic E-state index is 0.121. The van der Waals surface area contributed by atoms with Crippen molar-refractivity contribution in [2.75, 3.05) is 7.05 Å². The minimum atomic E-state index is -0.396. The van der Waals surface area contributed by atoms with Crippen LogP contribution in [0.25, 0.3) is 22.4 Å². The first-order chi connectivity index (χ1) is 12.6. The molecular weight excluding hydrogens is 337 g/mol. The third-order valence-corrected chi connectivity index (χ3v) is 3.87. The Morgan fingerprint density at radius 1 is 1.19 bits per heavy atom. The average molecular weight is 351 g/mol. The van der Waals surface area contributed by atoms with Gasteiger partial charge >= 0.3 is 0 Å². The third-order valence-electron chi connectivity index (χ3n) is 3.87. The maximum Gasteiger partial charge on any atom is 0.289 e. The van der Waals surface area contributed by atoms with Gasteiger partial charge in [-0.05, 0) is 18.2 Å². The molecule has 2 heterocycles. The molecule has 1 N–H and O–H groups in total. The van der Waals surface area contributed by atoms with Crippen LogP contribution in [0.3, 0.4) is 0 Å². The highest BCUT2D eigenvalue weighted by Gasteiger charge is 2.19. The molecule has 0 bridgehead atoms. The number of hydrogen-bond donors (Lipinski definition) is 1. The smallest absolute Gasteiger partial charge is 0.289 e. The Hall–Kier alpha value is -3.55. The predicted molar refractivity (Wildman–Crippen MR) is 91.6 cm³/mol. The number of halogens is 1. The molecule has 0 saturated heterocycles. The molecule has 0 unspecified atom stereocenters. The zero-order chi connectivity index (χ0) is 18.1. The lowest BCUT2D eigenvalue weighted by Gasteiger charge is -2.12. The number of fused-ring (bicyclic) bond motifs is 1. The van der Waals surface area contributed by atoms with E-state index in [0.717, 1.165) is 5.56 Å². The lowest BCUT2D eigenvalue weighted by Crippen LogP contribution is -2.27. The highest BCUT2D eigenvalue weighted by Crippen LogP contribution is 2.17. The molecule has 0 saturated carbocycles. The van der Waals surface area contributed by atoms with Crippen LogP contribution in [0.4, 0.5) is 4.39 Å². The molecule has 0 aliphatic heterocycles. The molecule has 2 aromatic heterocycles. The summed E-state index contributed by atoms with van der Waals surface area (Å²) in [5.74, 6) is 0.132. The molecule has 0 aliphatic carbocycles. The van der Waals surface area contributed by atoms with Crippen LogP contribution < -0.4 is 0 Å². The van der Waals surface area contributed by atoms with Crippen LogP contribution >= 0.6 is 0 Å². The van der Waals surface area contributed by atoms with Crippen LogP contribution in [0.5, 0.6) is 0 Å². The van der Waals surface area contributed by atoms with Gasteiger partial charge in [0, 0.05) is 12.6 Å². The highest BCUT2D eigenvalue weighted by molar-refractivity contribution is 5.93. The topological polar surface area (TPSA) is 87.9 Å². The SMILES string of the molecule is CN(Cc1nc(-c2ccccc2)no1)C(=O)c1nc2ccc(F)cc2[nH]1. The maximum atomic E-state index is 13.3. The summed E-state index contributed by atoms with van der Waals surface area (Å²) in [6.45, 7) is 0.129. The number of aromatic nitrogens is 4. The number of H-pyrrole nitrogens is 1. The van der Waals surface area contributed by atoms with Crippen molar-refractivity contribution in [2.24, 2.45) is 0 Å². The van der Waals surface area contributed by atoms with Crippen LogP contribution in [-0.2, 0) is 6.54 Å². The number of hydrogen-bond acceptors (Lipinski definition) is 5. The first-order valence-corrected chi connectivity index (χ1v) is 7.89. The standard InChI is InChI=1S/C18H14FN5O2/c1-24(10-15-22-16(23-26-15)11-5-3-2-4-6-11)18(25)17-20-13-8-7-12(19)9-14(13)21-17/h2-9H,10H2,1H3,(H,20,21). The van der Waals surface area contributed by atoms with Crippen molar-refractivity contribution >= 4 is 16.9 Å². The Morgan fingerprint density at radius 2 is 2.00 bits per heavy atom. The van der Waals surface area contributed by atoms with Crippen LogP contribution in [-0.4, -0.2) is 38.0 Å². The van der Waals surface area contributed by atoms with Gasteiger partial charge in [0.25, 0.3) is 5.91 Å². The van der Waals surface area contributed by atoms with E-state index in [2.05, 4.69) is 20.1 Å². The Morgan fingerprint density at radius 3 is 2.81 bits per heavy atom. The van der Waals surface area contributed by atoms with Crippen molar-refractivity contribution in [1.29, 1.82) is 0 Å². The second kappa shape index (κ2) is 6.40. The van der Waals surface area contributed by atoms with E-state index in [9.17, 15) is 9.18 Å². The van der Waals surface area contributed by atoms with Crippen molar-refractivity contribution < 1.29 is 13.7 Å². The summed E-state index contributed by atoms with van der Waals surface area (Å²) < 4.78 is 18.5. The molecule has 0 radical (unpaired) electrons. The van der Waals surface area contributed by atoms with E-state index >= 15 is 0 Å². The number of rotatable bonds is 4. The summed E-state index contributed by atoms with van der Waals surface area (Å²) in [5.41, 5.74) is 1.81. The van der Waals surface area contributed by atoms with E-state index < -0.39 is 5.82 Å². The van der Waals surface area contributed by atoms with Crippen molar-refractivity contribution in [3.05, 3.63) is 66.1 Å². The van der Waals surface area contributed by atoms with Gasteiger partial charge in [0.1, 0.15) is 12.4 Å². The van der Waals surface area contributed by atoms with Gasteiger partial charge < -0.3 is 14.4 Å². The van der Waals surface area contributed by atoms with Gasteiger partial charge in [-0.15, -0.1) is 0 Å². The van der Waals surface area contributed by atoms with Gasteiger partial charge in [0.2, 0.25) is 11.7 Å². The van der Waals surface area contributed by atoms with Crippen LogP contribution in [0.2, 0.25) is 0 Å². The number of nitrogens with one attached hydrogen (secondary N) is 1. The summed E-state index contributed by atoms with van der Waals surface area (Å²) in [5, 5.41) is 3.93. The van der Waals surface area contributed by atoms with Gasteiger partial charge in [-0.3, -0.25) is 4.79 Å². The molecule has 130 valence electrons. The van der Waals surface area contributed by atoms with E-state index in [1.807, 2.05) is 30.3 Å². The number of amides is 1. The summed E-state index contributed by atoms with van der Waals surface area (Å²) in [6.07, 6.45) is 0. The maximum absolute atomic E-state index is 13.3. The largest absolute Gasteiger partial charge is 0.337 e. The number of carbonyl (C=O) groups is 1. The monoisotopic (exact) mass is 351 g/mol. The number of carbonyl (C=O) groups excluding carboxylic acids is 1. The molecule has 7 nitrogen and oxygen atoms in total. The fraction of sp³-hybridized carbons (Fsp3) is 0.111. The quantitative estimate of drug-likeness (QED) is 0.611. The van der Waals surface area contributed by atoms with Gasteiger partial charge in [-0.2, -0.15) is 4.98 Å².